The van der Waals surface area contributed by atoms with Crippen LogP contribution in [0.3, 0.4) is 0 Å². The minimum absolute atomic E-state index is 0.0916. The van der Waals surface area contributed by atoms with Gasteiger partial charge in [-0.3, -0.25) is 4.79 Å². The van der Waals surface area contributed by atoms with Crippen LogP contribution in [0.1, 0.15) is 34.8 Å². The molecule has 0 aliphatic rings. The quantitative estimate of drug-likeness (QED) is 0.657. The highest BCUT2D eigenvalue weighted by atomic mass is 19.1. The molecule has 8 heteroatoms. The highest BCUT2D eigenvalue weighted by molar-refractivity contribution is 5.96. The summed E-state index contributed by atoms with van der Waals surface area (Å²) in [6, 6.07) is 11.0. The van der Waals surface area contributed by atoms with E-state index >= 15 is 0 Å². The molecule has 0 bridgehead atoms. The Morgan fingerprint density at radius 3 is 2.43 bits per heavy atom. The molecule has 0 aliphatic heterocycles. The van der Waals surface area contributed by atoms with Crippen molar-refractivity contribution in [3.8, 4) is 11.5 Å². The van der Waals surface area contributed by atoms with Crippen molar-refractivity contribution in [1.82, 2.24) is 15.5 Å². The monoisotopic (exact) mass is 383 g/mol. The molecular formula is C20H18FN3O4. The summed E-state index contributed by atoms with van der Waals surface area (Å²) >= 11 is 0. The molecule has 1 N–H and O–H groups in total. The number of esters is 1. The van der Waals surface area contributed by atoms with Crippen LogP contribution in [0, 0.1) is 12.7 Å². The fourth-order valence-electron chi connectivity index (χ4n) is 2.43. The molecule has 144 valence electrons. The van der Waals surface area contributed by atoms with Crippen LogP contribution in [-0.2, 0) is 9.53 Å². The van der Waals surface area contributed by atoms with Crippen LogP contribution in [0.15, 0.2) is 52.9 Å². The van der Waals surface area contributed by atoms with Crippen molar-refractivity contribution < 1.29 is 23.1 Å². The topological polar surface area (TPSA) is 94.3 Å². The molecule has 7 nitrogen and oxygen atoms in total. The van der Waals surface area contributed by atoms with Gasteiger partial charge in [-0.2, -0.15) is 0 Å². The number of nitrogens with zero attached hydrogens (tertiary/aromatic N) is 2. The first-order chi connectivity index (χ1) is 13.5. The lowest BCUT2D eigenvalue weighted by atomic mass is 10.1. The number of amides is 1. The number of hydrogen-bond donors (Lipinski definition) is 1. The van der Waals surface area contributed by atoms with Crippen molar-refractivity contribution >= 4 is 11.9 Å². The number of ether oxygens (including phenoxy) is 1. The summed E-state index contributed by atoms with van der Waals surface area (Å²) in [5.74, 6) is -1.65. The van der Waals surface area contributed by atoms with Crippen molar-refractivity contribution in [3.63, 3.8) is 0 Å². The molecule has 3 rings (SSSR count). The molecule has 3 aromatic rings. The van der Waals surface area contributed by atoms with Gasteiger partial charge >= 0.3 is 5.97 Å². The normalized spacial score (nSPS) is 11.7. The number of hydrogen-bond acceptors (Lipinski definition) is 6. The summed E-state index contributed by atoms with van der Waals surface area (Å²) in [7, 11) is 0. The highest BCUT2D eigenvalue weighted by Gasteiger charge is 2.30. The van der Waals surface area contributed by atoms with E-state index in [0.29, 0.717) is 11.1 Å². The predicted octanol–water partition coefficient (Wildman–Crippen LogP) is 3.22. The third kappa shape index (κ3) is 4.40. The second-order valence-corrected chi connectivity index (χ2v) is 5.98. The number of aryl methyl sites for hydroxylation is 1. The number of halogens is 1. The van der Waals surface area contributed by atoms with E-state index in [2.05, 4.69) is 15.5 Å². The summed E-state index contributed by atoms with van der Waals surface area (Å²) in [5, 5.41) is 10.3. The van der Waals surface area contributed by atoms with Crippen LogP contribution in [0.5, 0.6) is 0 Å². The number of carbonyl (C=O) groups excluding carboxylic acids is 2. The third-order valence-corrected chi connectivity index (χ3v) is 3.89. The minimum atomic E-state index is -1.27. The van der Waals surface area contributed by atoms with Gasteiger partial charge in [0.25, 0.3) is 11.8 Å². The predicted molar refractivity (Wildman–Crippen MR) is 97.7 cm³/mol. The van der Waals surface area contributed by atoms with E-state index in [9.17, 15) is 14.0 Å². The molecule has 0 saturated heterocycles. The Kier molecular flexibility index (Phi) is 5.78. The van der Waals surface area contributed by atoms with Crippen molar-refractivity contribution in [2.45, 2.75) is 19.9 Å². The summed E-state index contributed by atoms with van der Waals surface area (Å²) in [6.45, 7) is 3.67. The second kappa shape index (κ2) is 8.43. The molecule has 0 radical (unpaired) electrons. The van der Waals surface area contributed by atoms with Crippen LogP contribution >= 0.6 is 0 Å². The molecule has 2 aromatic carbocycles. The fourth-order valence-corrected chi connectivity index (χ4v) is 2.43. The van der Waals surface area contributed by atoms with Gasteiger partial charge in [0.15, 0.2) is 0 Å². The Labute approximate surface area is 160 Å². The number of nitrogens with one attached hydrogen (secondary N) is 1. The summed E-state index contributed by atoms with van der Waals surface area (Å²) in [6.07, 6.45) is 0. The van der Waals surface area contributed by atoms with E-state index in [4.69, 9.17) is 9.15 Å². The second-order valence-electron chi connectivity index (χ2n) is 5.98. The maximum atomic E-state index is 13.1. The Morgan fingerprint density at radius 2 is 1.79 bits per heavy atom. The van der Waals surface area contributed by atoms with Gasteiger partial charge in [0, 0.05) is 11.1 Å². The van der Waals surface area contributed by atoms with Crippen molar-refractivity contribution in [2.75, 3.05) is 6.61 Å². The molecule has 1 unspecified atom stereocenters. The summed E-state index contributed by atoms with van der Waals surface area (Å²) in [5.41, 5.74) is 1.85. The van der Waals surface area contributed by atoms with Crippen molar-refractivity contribution in [1.29, 1.82) is 0 Å². The average Bonchev–Trinajstić information content (AvgIpc) is 3.17. The van der Waals surface area contributed by atoms with Crippen LogP contribution in [0.2, 0.25) is 0 Å². The van der Waals surface area contributed by atoms with Crippen LogP contribution in [0.25, 0.3) is 11.5 Å². The van der Waals surface area contributed by atoms with Gasteiger partial charge < -0.3 is 14.5 Å². The maximum Gasteiger partial charge on any atom is 0.338 e. The molecule has 0 aliphatic carbocycles. The standard InChI is InChI=1S/C20H18FN3O4/c1-3-27-20(26)16(22-17(25)13-6-4-12(2)5-7-13)19-24-23-18(28-19)14-8-10-15(21)11-9-14/h4-11,16H,3H2,1-2H3,(H,22,25). The number of aromatic nitrogens is 2. The molecule has 0 spiro atoms. The van der Waals surface area contributed by atoms with Crippen LogP contribution in [0.4, 0.5) is 4.39 Å². The maximum absolute atomic E-state index is 13.1. The number of rotatable bonds is 6. The summed E-state index contributed by atoms with van der Waals surface area (Å²) < 4.78 is 23.6. The molecular weight excluding hydrogens is 365 g/mol. The molecule has 0 fully saturated rings. The smallest absolute Gasteiger partial charge is 0.338 e. The molecule has 28 heavy (non-hydrogen) atoms. The Bertz CT molecular complexity index is 968. The molecule has 1 amide bonds. The first-order valence-corrected chi connectivity index (χ1v) is 8.61. The first-order valence-electron chi connectivity index (χ1n) is 8.61. The van der Waals surface area contributed by atoms with Crippen LogP contribution < -0.4 is 5.32 Å². The third-order valence-electron chi connectivity index (χ3n) is 3.89. The zero-order valence-electron chi connectivity index (χ0n) is 15.3. The first kappa shape index (κ1) is 19.2. The lowest BCUT2D eigenvalue weighted by molar-refractivity contribution is -0.146. The number of benzene rings is 2. The number of carbonyl (C=O) groups is 2. The van der Waals surface area contributed by atoms with E-state index < -0.39 is 23.7 Å². The van der Waals surface area contributed by atoms with Gasteiger partial charge in [-0.15, -0.1) is 10.2 Å². The van der Waals surface area contributed by atoms with Gasteiger partial charge in [0.2, 0.25) is 11.9 Å². The average molecular weight is 383 g/mol. The molecule has 0 saturated carbocycles. The lowest BCUT2D eigenvalue weighted by Crippen LogP contribution is -2.35. The van der Waals surface area contributed by atoms with E-state index in [1.165, 1.54) is 24.3 Å². The SMILES string of the molecule is CCOC(=O)C(NC(=O)c1ccc(C)cc1)c1nnc(-c2ccc(F)cc2)o1. The van der Waals surface area contributed by atoms with Gasteiger partial charge in [-0.1, -0.05) is 17.7 Å². The lowest BCUT2D eigenvalue weighted by Gasteiger charge is -2.14. The fraction of sp³-hybridized carbons (Fsp3) is 0.200. The van der Waals surface area contributed by atoms with Gasteiger partial charge in [-0.05, 0) is 50.2 Å². The van der Waals surface area contributed by atoms with E-state index in [1.807, 2.05) is 6.92 Å². The van der Waals surface area contributed by atoms with Crippen LogP contribution in [-0.4, -0.2) is 28.7 Å². The van der Waals surface area contributed by atoms with Crippen molar-refractivity contribution in [3.05, 3.63) is 71.4 Å². The highest BCUT2D eigenvalue weighted by Crippen LogP contribution is 2.22. The molecule has 1 atom stereocenters. The Balaban J connectivity index is 1.85. The van der Waals surface area contributed by atoms with Gasteiger partial charge in [0.05, 0.1) is 6.61 Å². The molecule has 1 heterocycles. The van der Waals surface area contributed by atoms with E-state index in [-0.39, 0.29) is 18.4 Å². The zero-order valence-corrected chi connectivity index (χ0v) is 15.3. The summed E-state index contributed by atoms with van der Waals surface area (Å²) in [4.78, 5) is 24.9. The van der Waals surface area contributed by atoms with Gasteiger partial charge in [-0.25, -0.2) is 9.18 Å². The van der Waals surface area contributed by atoms with E-state index in [0.717, 1.165) is 5.56 Å². The van der Waals surface area contributed by atoms with E-state index in [1.54, 1.807) is 31.2 Å². The largest absolute Gasteiger partial charge is 0.464 e. The van der Waals surface area contributed by atoms with Gasteiger partial charge in [0.1, 0.15) is 5.82 Å². The van der Waals surface area contributed by atoms with Crippen molar-refractivity contribution in [2.24, 2.45) is 0 Å². The zero-order chi connectivity index (χ0) is 20.1. The Morgan fingerprint density at radius 1 is 1.11 bits per heavy atom. The minimum Gasteiger partial charge on any atom is -0.464 e. The molecule has 1 aromatic heterocycles. The Hall–Kier alpha value is -3.55.